The van der Waals surface area contributed by atoms with Crippen LogP contribution in [0.3, 0.4) is 0 Å². The van der Waals surface area contributed by atoms with Gasteiger partial charge in [-0.25, -0.2) is 4.39 Å². The highest BCUT2D eigenvalue weighted by Crippen LogP contribution is 2.19. The van der Waals surface area contributed by atoms with Crippen LogP contribution in [0.1, 0.15) is 0 Å². The van der Waals surface area contributed by atoms with Crippen molar-refractivity contribution in [1.29, 1.82) is 0 Å². The highest BCUT2D eigenvalue weighted by Gasteiger charge is 1.99. The second kappa shape index (κ2) is 3.58. The molecule has 0 N–H and O–H groups in total. The van der Waals surface area contributed by atoms with E-state index in [1.54, 1.807) is 6.07 Å². The number of benzene rings is 1. The molecule has 0 amide bonds. The predicted octanol–water partition coefficient (Wildman–Crippen LogP) is 2.69. The summed E-state index contributed by atoms with van der Waals surface area (Å²) in [5, 5.41) is 0.0985. The predicted molar refractivity (Wildman–Crippen MR) is 42.3 cm³/mol. The minimum Gasteiger partial charge on any atom is -0.493 e. The van der Waals surface area contributed by atoms with Gasteiger partial charge in [-0.1, -0.05) is 11.6 Å². The van der Waals surface area contributed by atoms with Crippen LogP contribution in [0, 0.1) is 12.7 Å². The Bertz CT molecular complexity index is 250. The van der Waals surface area contributed by atoms with Crippen LogP contribution in [0.15, 0.2) is 18.2 Å². The highest BCUT2D eigenvalue weighted by molar-refractivity contribution is 6.30. The van der Waals surface area contributed by atoms with E-state index in [1.807, 2.05) is 0 Å². The summed E-state index contributed by atoms with van der Waals surface area (Å²) in [5.41, 5.74) is 0. The summed E-state index contributed by atoms with van der Waals surface area (Å²) in [4.78, 5) is 0. The average Bonchev–Trinajstić information content (AvgIpc) is 1.98. The van der Waals surface area contributed by atoms with Crippen molar-refractivity contribution in [1.82, 2.24) is 0 Å². The summed E-state index contributed by atoms with van der Waals surface area (Å²) in [7, 11) is 0. The Morgan fingerprint density at radius 2 is 2.27 bits per heavy atom. The lowest BCUT2D eigenvalue weighted by Crippen LogP contribution is -1.91. The Morgan fingerprint density at radius 3 is 2.82 bits per heavy atom. The van der Waals surface area contributed by atoms with Gasteiger partial charge in [-0.15, -0.1) is 0 Å². The van der Waals surface area contributed by atoms with Gasteiger partial charge in [-0.2, -0.15) is 0 Å². The van der Waals surface area contributed by atoms with Crippen molar-refractivity contribution in [2.45, 2.75) is 0 Å². The molecule has 0 aliphatic rings. The maximum Gasteiger partial charge on any atom is 0.145 e. The Kier molecular flexibility index (Phi) is 2.71. The Morgan fingerprint density at radius 1 is 1.55 bits per heavy atom. The van der Waals surface area contributed by atoms with Crippen LogP contribution < -0.4 is 4.74 Å². The molecule has 0 spiro atoms. The maximum atomic E-state index is 12.7. The van der Waals surface area contributed by atoms with E-state index in [0.29, 0.717) is 5.75 Å². The summed E-state index contributed by atoms with van der Waals surface area (Å²) in [6, 6.07) is 4.27. The molecular weight excluding hydrogens is 167 g/mol. The third-order valence-electron chi connectivity index (χ3n) is 1.16. The van der Waals surface area contributed by atoms with Gasteiger partial charge in [-0.05, 0) is 19.1 Å². The second-order valence-corrected chi connectivity index (χ2v) is 2.33. The molecule has 1 aromatic rings. The van der Waals surface area contributed by atoms with Gasteiger partial charge in [0, 0.05) is 6.07 Å². The van der Waals surface area contributed by atoms with Crippen molar-refractivity contribution in [3.8, 4) is 5.75 Å². The van der Waals surface area contributed by atoms with E-state index in [2.05, 4.69) is 6.92 Å². The summed E-state index contributed by atoms with van der Waals surface area (Å²) >= 11 is 5.43. The molecule has 0 heterocycles. The lowest BCUT2D eigenvalue weighted by Gasteiger charge is -2.02. The second-order valence-electron chi connectivity index (χ2n) is 1.92. The van der Waals surface area contributed by atoms with E-state index in [-0.39, 0.29) is 11.6 Å². The number of rotatable bonds is 2. The van der Waals surface area contributed by atoms with E-state index in [4.69, 9.17) is 16.3 Å². The lowest BCUT2D eigenvalue weighted by atomic mass is 10.3. The average molecular weight is 174 g/mol. The summed E-state index contributed by atoms with van der Waals surface area (Å²) in [5.74, 6) is -0.0282. The fraction of sp³-hybridized carbons (Fsp3) is 0.125. The molecular formula is C8H7ClFO. The van der Waals surface area contributed by atoms with E-state index in [0.717, 1.165) is 0 Å². The molecule has 3 heteroatoms. The molecule has 0 aliphatic heterocycles. The first-order valence-corrected chi connectivity index (χ1v) is 3.49. The third-order valence-corrected chi connectivity index (χ3v) is 1.47. The van der Waals surface area contributed by atoms with Crippen LogP contribution in [0.4, 0.5) is 4.39 Å². The SMILES string of the molecule is [CH2]COc1ccc(Cl)c(F)c1. The molecule has 0 saturated carbocycles. The Labute approximate surface area is 69.7 Å². The van der Waals surface area contributed by atoms with Gasteiger partial charge in [0.05, 0.1) is 11.6 Å². The van der Waals surface area contributed by atoms with E-state index < -0.39 is 5.82 Å². The number of halogens is 2. The van der Waals surface area contributed by atoms with E-state index in [1.165, 1.54) is 12.1 Å². The first-order chi connectivity index (χ1) is 5.24. The quantitative estimate of drug-likeness (QED) is 0.668. The van der Waals surface area contributed by atoms with Gasteiger partial charge in [0.15, 0.2) is 0 Å². The van der Waals surface area contributed by atoms with Gasteiger partial charge in [0.1, 0.15) is 11.6 Å². The minimum atomic E-state index is -0.474. The first kappa shape index (κ1) is 8.34. The van der Waals surface area contributed by atoms with Crippen molar-refractivity contribution >= 4 is 11.6 Å². The summed E-state index contributed by atoms with van der Waals surface area (Å²) in [6.07, 6.45) is 0. The van der Waals surface area contributed by atoms with Gasteiger partial charge >= 0.3 is 0 Å². The van der Waals surface area contributed by atoms with Crippen molar-refractivity contribution in [3.63, 3.8) is 0 Å². The van der Waals surface area contributed by atoms with Crippen LogP contribution in [-0.4, -0.2) is 6.61 Å². The van der Waals surface area contributed by atoms with Crippen LogP contribution in [0.25, 0.3) is 0 Å². The molecule has 0 unspecified atom stereocenters. The molecule has 0 aromatic heterocycles. The Balaban J connectivity index is 2.86. The Hall–Kier alpha value is -0.760. The summed E-state index contributed by atoms with van der Waals surface area (Å²) in [6.45, 7) is 3.73. The van der Waals surface area contributed by atoms with E-state index in [9.17, 15) is 4.39 Å². The fourth-order valence-electron chi connectivity index (χ4n) is 0.684. The molecule has 1 aromatic carbocycles. The molecule has 0 atom stereocenters. The highest BCUT2D eigenvalue weighted by atomic mass is 35.5. The molecule has 1 rings (SSSR count). The standard InChI is InChI=1S/C8H7ClFO/c1-2-11-6-3-4-7(9)8(10)5-6/h3-5H,1-2H2. The van der Waals surface area contributed by atoms with Gasteiger partial charge in [-0.3, -0.25) is 0 Å². The van der Waals surface area contributed by atoms with Crippen molar-refractivity contribution in [2.24, 2.45) is 0 Å². The molecule has 0 fully saturated rings. The van der Waals surface area contributed by atoms with Crippen LogP contribution in [0.2, 0.25) is 5.02 Å². The van der Waals surface area contributed by atoms with Crippen LogP contribution >= 0.6 is 11.6 Å². The van der Waals surface area contributed by atoms with Crippen LogP contribution in [-0.2, 0) is 0 Å². The molecule has 59 valence electrons. The number of ether oxygens (including phenoxy) is 1. The molecule has 11 heavy (non-hydrogen) atoms. The smallest absolute Gasteiger partial charge is 0.145 e. The minimum absolute atomic E-state index is 0.0985. The third kappa shape index (κ3) is 2.09. The van der Waals surface area contributed by atoms with Crippen molar-refractivity contribution in [3.05, 3.63) is 36.0 Å². The number of hydrogen-bond donors (Lipinski definition) is 0. The molecule has 1 nitrogen and oxygen atoms in total. The molecule has 0 saturated heterocycles. The van der Waals surface area contributed by atoms with Gasteiger partial charge in [0.2, 0.25) is 0 Å². The zero-order valence-electron chi connectivity index (χ0n) is 5.81. The lowest BCUT2D eigenvalue weighted by molar-refractivity contribution is 0.359. The van der Waals surface area contributed by atoms with E-state index >= 15 is 0 Å². The normalized spacial score (nSPS) is 9.73. The first-order valence-electron chi connectivity index (χ1n) is 3.11. The topological polar surface area (TPSA) is 9.23 Å². The van der Waals surface area contributed by atoms with Gasteiger partial charge in [0.25, 0.3) is 0 Å². The van der Waals surface area contributed by atoms with Crippen molar-refractivity contribution in [2.75, 3.05) is 6.61 Å². The zero-order chi connectivity index (χ0) is 8.27. The van der Waals surface area contributed by atoms with Crippen molar-refractivity contribution < 1.29 is 9.13 Å². The zero-order valence-corrected chi connectivity index (χ0v) is 6.57. The van der Waals surface area contributed by atoms with Crippen LogP contribution in [0.5, 0.6) is 5.75 Å². The van der Waals surface area contributed by atoms with Gasteiger partial charge < -0.3 is 4.74 Å². The monoisotopic (exact) mass is 173 g/mol. The maximum absolute atomic E-state index is 12.7. The molecule has 0 bridgehead atoms. The fourth-order valence-corrected chi connectivity index (χ4v) is 0.802. The number of hydrogen-bond acceptors (Lipinski definition) is 1. The summed E-state index contributed by atoms with van der Waals surface area (Å²) < 4.78 is 17.6. The molecule has 1 radical (unpaired) electrons. The largest absolute Gasteiger partial charge is 0.493 e. The molecule has 0 aliphatic carbocycles.